The molecular weight excluding hydrogens is 298 g/mol. The molecule has 1 heterocycles. The number of ketones is 1. The number of carbonyl (C=O) groups excluding carboxylic acids is 1. The Balaban J connectivity index is 1.89. The van der Waals surface area contributed by atoms with Crippen LogP contribution in [0.2, 0.25) is 0 Å². The molecular formula is C17H13NO5. The molecule has 2 aromatic rings. The average Bonchev–Trinajstić information content (AvgIpc) is 2.57. The molecule has 2 aromatic carbocycles. The van der Waals surface area contributed by atoms with E-state index in [4.69, 9.17) is 9.47 Å². The van der Waals surface area contributed by atoms with Crippen LogP contribution in [0, 0.1) is 10.1 Å². The topological polar surface area (TPSA) is 78.7 Å². The molecule has 0 bridgehead atoms. The summed E-state index contributed by atoms with van der Waals surface area (Å²) in [5, 5.41) is 10.6. The van der Waals surface area contributed by atoms with Crippen molar-refractivity contribution in [1.82, 2.24) is 0 Å². The maximum absolute atomic E-state index is 12.5. The summed E-state index contributed by atoms with van der Waals surface area (Å²) in [7, 11) is 1.55. The second kappa shape index (κ2) is 5.92. The van der Waals surface area contributed by atoms with Crippen molar-refractivity contribution in [2.24, 2.45) is 0 Å². The molecule has 0 aromatic heterocycles. The van der Waals surface area contributed by atoms with Gasteiger partial charge in [0.05, 0.1) is 17.6 Å². The summed E-state index contributed by atoms with van der Waals surface area (Å²) in [4.78, 5) is 22.7. The van der Waals surface area contributed by atoms with E-state index in [0.29, 0.717) is 28.2 Å². The third-order valence-corrected chi connectivity index (χ3v) is 3.55. The SMILES string of the molecule is COc1ccc2c(c1)OC/C(=C\c1ccc([N+](=O)[O-])cc1)C2=O. The maximum Gasteiger partial charge on any atom is 0.269 e. The number of nitro benzene ring substituents is 1. The van der Waals surface area contributed by atoms with Crippen molar-refractivity contribution < 1.29 is 19.2 Å². The number of methoxy groups -OCH3 is 1. The van der Waals surface area contributed by atoms with Crippen molar-refractivity contribution in [2.75, 3.05) is 13.7 Å². The van der Waals surface area contributed by atoms with Crippen molar-refractivity contribution in [1.29, 1.82) is 0 Å². The van der Waals surface area contributed by atoms with Gasteiger partial charge in [-0.15, -0.1) is 0 Å². The number of nitro groups is 1. The summed E-state index contributed by atoms with van der Waals surface area (Å²) >= 11 is 0. The van der Waals surface area contributed by atoms with Gasteiger partial charge in [-0.25, -0.2) is 0 Å². The van der Waals surface area contributed by atoms with Crippen LogP contribution in [0.15, 0.2) is 48.0 Å². The fourth-order valence-electron chi connectivity index (χ4n) is 2.33. The van der Waals surface area contributed by atoms with Crippen LogP contribution in [-0.2, 0) is 0 Å². The molecule has 0 amide bonds. The quantitative estimate of drug-likeness (QED) is 0.494. The van der Waals surface area contributed by atoms with E-state index < -0.39 is 4.92 Å². The average molecular weight is 311 g/mol. The van der Waals surface area contributed by atoms with Gasteiger partial charge in [-0.3, -0.25) is 14.9 Å². The van der Waals surface area contributed by atoms with Gasteiger partial charge in [0.15, 0.2) is 5.78 Å². The molecule has 0 radical (unpaired) electrons. The standard InChI is InChI=1S/C17H13NO5/c1-22-14-6-7-15-16(9-14)23-10-12(17(15)19)8-11-2-4-13(5-3-11)18(20)21/h2-9H,10H2,1H3/b12-8+. The Labute approximate surface area is 132 Å². The summed E-state index contributed by atoms with van der Waals surface area (Å²) in [5.41, 5.74) is 1.69. The van der Waals surface area contributed by atoms with Crippen LogP contribution >= 0.6 is 0 Å². The van der Waals surface area contributed by atoms with Crippen molar-refractivity contribution in [3.8, 4) is 11.5 Å². The number of Topliss-reactive ketones (excluding diaryl/α,β-unsaturated/α-hetero) is 1. The highest BCUT2D eigenvalue weighted by atomic mass is 16.6. The van der Waals surface area contributed by atoms with E-state index in [2.05, 4.69) is 0 Å². The van der Waals surface area contributed by atoms with Crippen LogP contribution in [0.5, 0.6) is 11.5 Å². The Kier molecular flexibility index (Phi) is 3.80. The number of hydrogen-bond acceptors (Lipinski definition) is 5. The fraction of sp³-hybridized carbons (Fsp3) is 0.118. The molecule has 0 aliphatic carbocycles. The molecule has 1 aliphatic heterocycles. The number of rotatable bonds is 3. The molecule has 0 atom stereocenters. The number of carbonyl (C=O) groups is 1. The van der Waals surface area contributed by atoms with E-state index in [9.17, 15) is 14.9 Å². The second-order valence-corrected chi connectivity index (χ2v) is 5.00. The minimum Gasteiger partial charge on any atom is -0.497 e. The highest BCUT2D eigenvalue weighted by molar-refractivity contribution is 6.14. The van der Waals surface area contributed by atoms with E-state index >= 15 is 0 Å². The normalized spacial score (nSPS) is 15.0. The van der Waals surface area contributed by atoms with Gasteiger partial charge in [0.25, 0.3) is 5.69 Å². The second-order valence-electron chi connectivity index (χ2n) is 5.00. The summed E-state index contributed by atoms with van der Waals surface area (Å²) in [6, 6.07) is 11.0. The molecule has 0 unspecified atom stereocenters. The Morgan fingerprint density at radius 3 is 2.61 bits per heavy atom. The molecule has 6 heteroatoms. The molecule has 3 rings (SSSR count). The maximum atomic E-state index is 12.5. The zero-order valence-electron chi connectivity index (χ0n) is 12.3. The Hall–Kier alpha value is -3.15. The highest BCUT2D eigenvalue weighted by Crippen LogP contribution is 2.31. The predicted molar refractivity (Wildman–Crippen MR) is 83.9 cm³/mol. The van der Waals surface area contributed by atoms with Crippen LogP contribution < -0.4 is 9.47 Å². The smallest absolute Gasteiger partial charge is 0.269 e. The number of benzene rings is 2. The van der Waals surface area contributed by atoms with Gasteiger partial charge < -0.3 is 9.47 Å². The highest BCUT2D eigenvalue weighted by Gasteiger charge is 2.23. The lowest BCUT2D eigenvalue weighted by Crippen LogP contribution is -2.19. The lowest BCUT2D eigenvalue weighted by Gasteiger charge is -2.19. The van der Waals surface area contributed by atoms with Crippen molar-refractivity contribution in [2.45, 2.75) is 0 Å². The van der Waals surface area contributed by atoms with Crippen LogP contribution in [0.4, 0.5) is 5.69 Å². The molecule has 0 N–H and O–H groups in total. The van der Waals surface area contributed by atoms with Gasteiger partial charge in [-0.05, 0) is 35.9 Å². The van der Waals surface area contributed by atoms with Crippen molar-refractivity contribution in [3.05, 3.63) is 69.3 Å². The van der Waals surface area contributed by atoms with E-state index in [-0.39, 0.29) is 18.1 Å². The molecule has 1 aliphatic rings. The van der Waals surface area contributed by atoms with Gasteiger partial charge >= 0.3 is 0 Å². The number of nitrogens with zero attached hydrogens (tertiary/aromatic N) is 1. The zero-order chi connectivity index (χ0) is 16.4. The lowest BCUT2D eigenvalue weighted by atomic mass is 9.98. The van der Waals surface area contributed by atoms with Gasteiger partial charge in [0, 0.05) is 23.8 Å². The molecule has 6 nitrogen and oxygen atoms in total. The molecule has 0 spiro atoms. The molecule has 0 saturated heterocycles. The summed E-state index contributed by atoms with van der Waals surface area (Å²) in [6.07, 6.45) is 1.68. The first-order valence-corrected chi connectivity index (χ1v) is 6.89. The number of non-ortho nitro benzene ring substituents is 1. The minimum absolute atomic E-state index is 0.0100. The zero-order valence-corrected chi connectivity index (χ0v) is 12.3. The van der Waals surface area contributed by atoms with E-state index in [1.165, 1.54) is 12.1 Å². The first-order valence-electron chi connectivity index (χ1n) is 6.89. The Morgan fingerprint density at radius 2 is 1.96 bits per heavy atom. The van der Waals surface area contributed by atoms with Gasteiger partial charge in [-0.1, -0.05) is 0 Å². The molecule has 23 heavy (non-hydrogen) atoms. The number of ether oxygens (including phenoxy) is 2. The molecule has 0 saturated carbocycles. The first kappa shape index (κ1) is 14.8. The minimum atomic E-state index is -0.463. The third-order valence-electron chi connectivity index (χ3n) is 3.55. The summed E-state index contributed by atoms with van der Waals surface area (Å²) in [5.74, 6) is 1.00. The molecule has 0 fully saturated rings. The van der Waals surface area contributed by atoms with Crippen LogP contribution in [0.1, 0.15) is 15.9 Å². The van der Waals surface area contributed by atoms with Crippen LogP contribution in [0.25, 0.3) is 6.08 Å². The van der Waals surface area contributed by atoms with E-state index in [0.717, 1.165) is 0 Å². The summed E-state index contributed by atoms with van der Waals surface area (Å²) in [6.45, 7) is 0.149. The first-order chi connectivity index (χ1) is 11.1. The monoisotopic (exact) mass is 311 g/mol. The third kappa shape index (κ3) is 2.91. The number of hydrogen-bond donors (Lipinski definition) is 0. The van der Waals surface area contributed by atoms with E-state index in [1.54, 1.807) is 43.5 Å². The van der Waals surface area contributed by atoms with Crippen molar-refractivity contribution >= 4 is 17.5 Å². The Morgan fingerprint density at radius 1 is 1.22 bits per heavy atom. The lowest BCUT2D eigenvalue weighted by molar-refractivity contribution is -0.384. The Bertz CT molecular complexity index is 808. The fourth-order valence-corrected chi connectivity index (χ4v) is 2.33. The van der Waals surface area contributed by atoms with E-state index in [1.807, 2.05) is 0 Å². The summed E-state index contributed by atoms with van der Waals surface area (Å²) < 4.78 is 10.7. The largest absolute Gasteiger partial charge is 0.497 e. The van der Waals surface area contributed by atoms with Gasteiger partial charge in [0.1, 0.15) is 18.1 Å². The predicted octanol–water partition coefficient (Wildman–Crippen LogP) is 3.26. The van der Waals surface area contributed by atoms with Crippen LogP contribution in [-0.4, -0.2) is 24.4 Å². The van der Waals surface area contributed by atoms with Gasteiger partial charge in [0.2, 0.25) is 0 Å². The molecule has 116 valence electrons. The van der Waals surface area contributed by atoms with Crippen LogP contribution in [0.3, 0.4) is 0 Å². The van der Waals surface area contributed by atoms with Gasteiger partial charge in [-0.2, -0.15) is 0 Å². The number of fused-ring (bicyclic) bond motifs is 1. The van der Waals surface area contributed by atoms with Crippen molar-refractivity contribution in [3.63, 3.8) is 0 Å².